The van der Waals surface area contributed by atoms with Gasteiger partial charge in [-0.1, -0.05) is 6.08 Å². The quantitative estimate of drug-likeness (QED) is 0.603. The van der Waals surface area contributed by atoms with E-state index in [1.54, 1.807) is 18.2 Å². The van der Waals surface area contributed by atoms with Crippen LogP contribution in [0.25, 0.3) is 0 Å². The molecule has 1 atom stereocenters. The van der Waals surface area contributed by atoms with Gasteiger partial charge in [-0.25, -0.2) is 9.59 Å². The molecule has 1 N–H and O–H groups in total. The van der Waals surface area contributed by atoms with Gasteiger partial charge < -0.3 is 10.1 Å². The zero-order valence-corrected chi connectivity index (χ0v) is 7.48. The van der Waals surface area contributed by atoms with E-state index in [9.17, 15) is 9.59 Å². The van der Waals surface area contributed by atoms with Crippen molar-refractivity contribution in [2.24, 2.45) is 4.99 Å². The number of amides is 2. The summed E-state index contributed by atoms with van der Waals surface area (Å²) in [5.41, 5.74) is 0.955. The van der Waals surface area contributed by atoms with Crippen LogP contribution in [0.4, 0.5) is 4.79 Å². The molecule has 5 heteroatoms. The average molecular weight is 192 g/mol. The van der Waals surface area contributed by atoms with E-state index in [0.717, 1.165) is 0 Å². The third-order valence-electron chi connectivity index (χ3n) is 2.02. The summed E-state index contributed by atoms with van der Waals surface area (Å²) in [7, 11) is 1.31. The lowest BCUT2D eigenvalue weighted by Crippen LogP contribution is -2.31. The molecule has 2 rings (SSSR count). The molecule has 14 heavy (non-hydrogen) atoms. The van der Waals surface area contributed by atoms with E-state index < -0.39 is 5.97 Å². The van der Waals surface area contributed by atoms with Crippen molar-refractivity contribution in [3.63, 3.8) is 0 Å². The minimum atomic E-state index is -0.429. The van der Waals surface area contributed by atoms with Gasteiger partial charge in [-0.05, 0) is 12.2 Å². The summed E-state index contributed by atoms with van der Waals surface area (Å²) in [6, 6.07) is -0.576. The highest BCUT2D eigenvalue weighted by Gasteiger charge is 2.26. The van der Waals surface area contributed by atoms with Crippen LogP contribution in [0.2, 0.25) is 0 Å². The maximum atomic E-state index is 11.1. The summed E-state index contributed by atoms with van der Waals surface area (Å²) in [6.07, 6.45) is 4.87. The molecule has 0 fully saturated rings. The molecule has 0 radical (unpaired) electrons. The van der Waals surface area contributed by atoms with Gasteiger partial charge in [-0.15, -0.1) is 0 Å². The topological polar surface area (TPSA) is 67.8 Å². The predicted molar refractivity (Wildman–Crippen MR) is 49.0 cm³/mol. The summed E-state index contributed by atoms with van der Waals surface area (Å²) < 4.78 is 4.55. The summed E-state index contributed by atoms with van der Waals surface area (Å²) in [6.45, 7) is 0. The normalized spacial score (nSPS) is 23.5. The molecule has 0 saturated carbocycles. The van der Waals surface area contributed by atoms with Crippen LogP contribution in [0.5, 0.6) is 0 Å². The monoisotopic (exact) mass is 192 g/mol. The Morgan fingerprint density at radius 2 is 2.43 bits per heavy atom. The number of fused-ring (bicyclic) bond motifs is 1. The fraction of sp³-hybridized carbons (Fsp3) is 0.222. The fourth-order valence-electron chi connectivity index (χ4n) is 1.35. The molecule has 0 aromatic carbocycles. The number of hydrogen-bond donors (Lipinski definition) is 1. The van der Waals surface area contributed by atoms with E-state index in [2.05, 4.69) is 15.0 Å². The molecule has 0 saturated heterocycles. The van der Waals surface area contributed by atoms with E-state index in [4.69, 9.17) is 0 Å². The molecule has 0 spiro atoms. The van der Waals surface area contributed by atoms with Crippen LogP contribution in [0, 0.1) is 0 Å². The highest BCUT2D eigenvalue weighted by Crippen LogP contribution is 2.14. The first-order valence-corrected chi connectivity index (χ1v) is 4.08. The van der Waals surface area contributed by atoms with Crippen molar-refractivity contribution in [1.29, 1.82) is 0 Å². The number of esters is 1. The second kappa shape index (κ2) is 3.10. The van der Waals surface area contributed by atoms with Crippen LogP contribution < -0.4 is 5.32 Å². The highest BCUT2D eigenvalue weighted by atomic mass is 16.5. The molecule has 0 bridgehead atoms. The van der Waals surface area contributed by atoms with Crippen molar-refractivity contribution in [3.05, 3.63) is 23.8 Å². The van der Waals surface area contributed by atoms with Crippen LogP contribution in [0.1, 0.15) is 0 Å². The first kappa shape index (κ1) is 8.68. The van der Waals surface area contributed by atoms with Crippen molar-refractivity contribution in [3.8, 4) is 0 Å². The van der Waals surface area contributed by atoms with Crippen molar-refractivity contribution < 1.29 is 14.3 Å². The standard InChI is InChI=1S/C9H8N2O3/c1-14-8(12)5-2-3-6-7(4-5)11-9(13)10-6/h2-4,6H,1H3,(H,10,13). The van der Waals surface area contributed by atoms with Gasteiger partial charge in [0.05, 0.1) is 24.4 Å². The molecule has 1 unspecified atom stereocenters. The molecular formula is C9H8N2O3. The molecule has 2 amide bonds. The first-order valence-electron chi connectivity index (χ1n) is 4.08. The van der Waals surface area contributed by atoms with Crippen LogP contribution in [0.15, 0.2) is 28.8 Å². The fourth-order valence-corrected chi connectivity index (χ4v) is 1.35. The summed E-state index contributed by atoms with van der Waals surface area (Å²) >= 11 is 0. The molecular weight excluding hydrogens is 184 g/mol. The Labute approximate surface area is 80.1 Å². The van der Waals surface area contributed by atoms with Gasteiger partial charge in [0.15, 0.2) is 0 Å². The van der Waals surface area contributed by atoms with Gasteiger partial charge in [0, 0.05) is 0 Å². The number of rotatable bonds is 1. The zero-order chi connectivity index (χ0) is 10.1. The number of aliphatic imine (C=N–C) groups is 1. The maximum absolute atomic E-state index is 11.1. The Balaban J connectivity index is 2.29. The zero-order valence-electron chi connectivity index (χ0n) is 7.48. The van der Waals surface area contributed by atoms with Crippen molar-refractivity contribution in [2.75, 3.05) is 7.11 Å². The van der Waals surface area contributed by atoms with Crippen molar-refractivity contribution in [2.45, 2.75) is 6.04 Å². The van der Waals surface area contributed by atoms with Crippen LogP contribution >= 0.6 is 0 Å². The Bertz CT molecular complexity index is 393. The third kappa shape index (κ3) is 1.32. The lowest BCUT2D eigenvalue weighted by atomic mass is 10.0. The Morgan fingerprint density at radius 1 is 1.64 bits per heavy atom. The van der Waals surface area contributed by atoms with E-state index in [-0.39, 0.29) is 12.1 Å². The Morgan fingerprint density at radius 3 is 3.14 bits per heavy atom. The molecule has 72 valence electrons. The van der Waals surface area contributed by atoms with Crippen LogP contribution in [-0.2, 0) is 9.53 Å². The van der Waals surface area contributed by atoms with E-state index in [1.165, 1.54) is 7.11 Å². The molecule has 1 heterocycles. The van der Waals surface area contributed by atoms with E-state index in [0.29, 0.717) is 11.3 Å². The number of methoxy groups -OCH3 is 1. The number of urea groups is 1. The van der Waals surface area contributed by atoms with Gasteiger partial charge in [-0.3, -0.25) is 0 Å². The van der Waals surface area contributed by atoms with Crippen LogP contribution in [-0.4, -0.2) is 30.9 Å². The number of nitrogens with zero attached hydrogens (tertiary/aromatic N) is 1. The Hall–Kier alpha value is -1.91. The summed E-state index contributed by atoms with van der Waals surface area (Å²) in [5.74, 6) is -0.429. The van der Waals surface area contributed by atoms with Gasteiger partial charge >= 0.3 is 12.0 Å². The average Bonchev–Trinajstić information content (AvgIpc) is 2.55. The van der Waals surface area contributed by atoms with Gasteiger partial charge in [0.25, 0.3) is 0 Å². The van der Waals surface area contributed by atoms with Gasteiger partial charge in [0.1, 0.15) is 0 Å². The number of ether oxygens (including phenoxy) is 1. The third-order valence-corrected chi connectivity index (χ3v) is 2.02. The van der Waals surface area contributed by atoms with Crippen molar-refractivity contribution in [1.82, 2.24) is 5.32 Å². The second-order valence-electron chi connectivity index (χ2n) is 2.91. The molecule has 1 aliphatic heterocycles. The largest absolute Gasteiger partial charge is 0.465 e. The number of carbonyl (C=O) groups is 2. The molecule has 2 aliphatic rings. The summed E-state index contributed by atoms with van der Waals surface area (Å²) in [5, 5.41) is 2.61. The molecule has 5 nitrogen and oxygen atoms in total. The highest BCUT2D eigenvalue weighted by molar-refractivity contribution is 6.16. The minimum absolute atomic E-state index is 0.198. The SMILES string of the molecule is COC(=O)C1=CC2=NC(=O)NC2C=C1. The first-order chi connectivity index (χ1) is 6.70. The van der Waals surface area contributed by atoms with Gasteiger partial charge in [0.2, 0.25) is 0 Å². The lowest BCUT2D eigenvalue weighted by Gasteiger charge is -2.11. The van der Waals surface area contributed by atoms with E-state index in [1.807, 2.05) is 0 Å². The van der Waals surface area contributed by atoms with Crippen LogP contribution in [0.3, 0.4) is 0 Å². The molecule has 0 aromatic heterocycles. The van der Waals surface area contributed by atoms with Crippen molar-refractivity contribution >= 4 is 17.7 Å². The summed E-state index contributed by atoms with van der Waals surface area (Å²) in [4.78, 5) is 25.7. The minimum Gasteiger partial charge on any atom is -0.465 e. The predicted octanol–water partition coefficient (Wildman–Crippen LogP) is 0.188. The smallest absolute Gasteiger partial charge is 0.342 e. The lowest BCUT2D eigenvalue weighted by molar-refractivity contribution is -0.135. The molecule has 0 aromatic rings. The number of nitrogens with one attached hydrogen (secondary N) is 1. The number of carbonyl (C=O) groups excluding carboxylic acids is 2. The van der Waals surface area contributed by atoms with Gasteiger partial charge in [-0.2, -0.15) is 4.99 Å². The second-order valence-corrected chi connectivity index (χ2v) is 2.91. The maximum Gasteiger partial charge on any atom is 0.342 e. The number of hydrogen-bond acceptors (Lipinski definition) is 3. The Kier molecular flexibility index (Phi) is 1.92. The molecule has 1 aliphatic carbocycles. The van der Waals surface area contributed by atoms with E-state index >= 15 is 0 Å².